The van der Waals surface area contributed by atoms with Crippen molar-refractivity contribution in [2.24, 2.45) is 10.9 Å². The molecule has 8 heteroatoms. The van der Waals surface area contributed by atoms with Crippen molar-refractivity contribution >= 4 is 45.6 Å². The SMILES string of the molecule is N/C(=N\O)c1cccc(N2C(=O)CC(=O)Nc3c2ccc2ccccc32)n1. The molecule has 0 unspecified atom stereocenters. The number of amides is 2. The second-order valence-corrected chi connectivity index (χ2v) is 6.00. The Morgan fingerprint density at radius 3 is 2.74 bits per heavy atom. The van der Waals surface area contributed by atoms with Gasteiger partial charge in [0.2, 0.25) is 11.8 Å². The molecule has 0 radical (unpaired) electrons. The first-order chi connectivity index (χ1) is 13.1. The summed E-state index contributed by atoms with van der Waals surface area (Å²) < 4.78 is 0. The molecule has 8 nitrogen and oxygen atoms in total. The summed E-state index contributed by atoms with van der Waals surface area (Å²) >= 11 is 0. The molecular formula is C19H15N5O3. The van der Waals surface area contributed by atoms with E-state index in [2.05, 4.69) is 15.5 Å². The van der Waals surface area contributed by atoms with Gasteiger partial charge >= 0.3 is 0 Å². The fourth-order valence-electron chi connectivity index (χ4n) is 3.10. The van der Waals surface area contributed by atoms with Crippen LogP contribution in [-0.2, 0) is 9.59 Å². The Morgan fingerprint density at radius 2 is 1.93 bits per heavy atom. The van der Waals surface area contributed by atoms with Gasteiger partial charge in [0, 0.05) is 5.39 Å². The van der Waals surface area contributed by atoms with Gasteiger partial charge in [0.05, 0.1) is 11.4 Å². The molecule has 0 spiro atoms. The zero-order valence-electron chi connectivity index (χ0n) is 14.1. The van der Waals surface area contributed by atoms with Crippen LogP contribution in [0.3, 0.4) is 0 Å². The number of nitrogens with one attached hydrogen (secondary N) is 1. The lowest BCUT2D eigenvalue weighted by Crippen LogP contribution is -2.28. The highest BCUT2D eigenvalue weighted by atomic mass is 16.4. The van der Waals surface area contributed by atoms with E-state index in [0.29, 0.717) is 11.4 Å². The van der Waals surface area contributed by atoms with E-state index in [1.807, 2.05) is 30.3 Å². The highest BCUT2D eigenvalue weighted by Crippen LogP contribution is 2.39. The predicted octanol–water partition coefficient (Wildman–Crippen LogP) is 2.34. The molecule has 4 rings (SSSR count). The zero-order valence-corrected chi connectivity index (χ0v) is 14.1. The summed E-state index contributed by atoms with van der Waals surface area (Å²) in [7, 11) is 0. The van der Waals surface area contributed by atoms with Gasteiger partial charge in [-0.1, -0.05) is 41.6 Å². The van der Waals surface area contributed by atoms with Crippen LogP contribution in [-0.4, -0.2) is 27.8 Å². The number of fused-ring (bicyclic) bond motifs is 3. The first-order valence-electron chi connectivity index (χ1n) is 8.18. The number of oxime groups is 1. The van der Waals surface area contributed by atoms with Gasteiger partial charge in [-0.25, -0.2) is 4.98 Å². The third kappa shape index (κ3) is 2.82. The summed E-state index contributed by atoms with van der Waals surface area (Å²) in [5.41, 5.74) is 6.88. The van der Waals surface area contributed by atoms with Gasteiger partial charge in [-0.05, 0) is 23.6 Å². The molecule has 1 aromatic heterocycles. The lowest BCUT2D eigenvalue weighted by atomic mass is 10.1. The number of nitrogens with zero attached hydrogens (tertiary/aromatic N) is 3. The van der Waals surface area contributed by atoms with Crippen LogP contribution in [0.5, 0.6) is 0 Å². The topological polar surface area (TPSA) is 121 Å². The Balaban J connectivity index is 1.95. The smallest absolute Gasteiger partial charge is 0.242 e. The van der Waals surface area contributed by atoms with Gasteiger partial charge in [-0.2, -0.15) is 0 Å². The minimum atomic E-state index is -0.425. The first-order valence-corrected chi connectivity index (χ1v) is 8.18. The van der Waals surface area contributed by atoms with Crippen molar-refractivity contribution in [1.29, 1.82) is 0 Å². The molecule has 0 aliphatic carbocycles. The second-order valence-electron chi connectivity index (χ2n) is 6.00. The number of rotatable bonds is 2. The van der Waals surface area contributed by atoms with Gasteiger partial charge < -0.3 is 16.3 Å². The predicted molar refractivity (Wildman–Crippen MR) is 101 cm³/mol. The van der Waals surface area contributed by atoms with Crippen LogP contribution in [0, 0.1) is 0 Å². The Morgan fingerprint density at radius 1 is 1.11 bits per heavy atom. The monoisotopic (exact) mass is 361 g/mol. The minimum absolute atomic E-state index is 0.174. The van der Waals surface area contributed by atoms with E-state index in [9.17, 15) is 9.59 Å². The Kier molecular flexibility index (Phi) is 3.92. The van der Waals surface area contributed by atoms with Crippen LogP contribution in [0.4, 0.5) is 17.2 Å². The lowest BCUT2D eigenvalue weighted by molar-refractivity contribution is -0.124. The van der Waals surface area contributed by atoms with Crippen LogP contribution in [0.15, 0.2) is 59.8 Å². The van der Waals surface area contributed by atoms with Crippen LogP contribution in [0.2, 0.25) is 0 Å². The normalized spacial score (nSPS) is 14.7. The number of benzene rings is 2. The average molecular weight is 361 g/mol. The Hall–Kier alpha value is -3.94. The molecule has 0 saturated heterocycles. The molecule has 0 bridgehead atoms. The standard InChI is InChI=1S/C19H15N5O3/c20-19(23-27)13-6-3-7-15(21-13)24-14-9-8-11-4-1-2-5-12(11)18(14)22-16(25)10-17(24)26/h1-9,27H,10H2,(H2,20,23)(H,22,25). The molecule has 27 heavy (non-hydrogen) atoms. The summed E-state index contributed by atoms with van der Waals surface area (Å²) in [4.78, 5) is 30.7. The van der Waals surface area contributed by atoms with Crippen molar-refractivity contribution in [3.8, 4) is 0 Å². The Labute approximate surface area is 153 Å². The number of amidine groups is 1. The number of hydrogen-bond donors (Lipinski definition) is 3. The Bertz CT molecular complexity index is 1110. The van der Waals surface area contributed by atoms with Gasteiger partial charge in [-0.15, -0.1) is 0 Å². The molecule has 0 fully saturated rings. The summed E-state index contributed by atoms with van der Waals surface area (Å²) in [6.45, 7) is 0. The maximum atomic E-state index is 12.8. The number of hydrogen-bond acceptors (Lipinski definition) is 5. The molecule has 2 amide bonds. The molecule has 0 atom stereocenters. The summed E-state index contributed by atoms with van der Waals surface area (Å²) in [5, 5.41) is 16.4. The van der Waals surface area contributed by atoms with Crippen molar-refractivity contribution < 1.29 is 14.8 Å². The molecule has 134 valence electrons. The van der Waals surface area contributed by atoms with E-state index in [1.165, 1.54) is 4.90 Å². The second kappa shape index (κ2) is 6.41. The number of carbonyl (C=O) groups is 2. The van der Waals surface area contributed by atoms with E-state index in [-0.39, 0.29) is 23.8 Å². The van der Waals surface area contributed by atoms with E-state index in [4.69, 9.17) is 10.9 Å². The highest BCUT2D eigenvalue weighted by Gasteiger charge is 2.29. The zero-order chi connectivity index (χ0) is 19.0. The van der Waals surface area contributed by atoms with Crippen molar-refractivity contribution in [3.63, 3.8) is 0 Å². The average Bonchev–Trinajstić information content (AvgIpc) is 2.82. The molecule has 1 aliphatic heterocycles. The molecular weight excluding hydrogens is 346 g/mol. The van der Waals surface area contributed by atoms with E-state index < -0.39 is 11.8 Å². The number of anilines is 3. The van der Waals surface area contributed by atoms with Crippen molar-refractivity contribution in [2.45, 2.75) is 6.42 Å². The summed E-state index contributed by atoms with van der Waals surface area (Å²) in [6, 6.07) is 16.0. The quantitative estimate of drug-likeness (QED) is 0.213. The van der Waals surface area contributed by atoms with Gasteiger partial charge in [0.1, 0.15) is 17.9 Å². The van der Waals surface area contributed by atoms with Gasteiger partial charge in [0.15, 0.2) is 5.84 Å². The van der Waals surface area contributed by atoms with E-state index in [0.717, 1.165) is 10.8 Å². The molecule has 0 saturated carbocycles. The largest absolute Gasteiger partial charge is 0.409 e. The van der Waals surface area contributed by atoms with Crippen LogP contribution in [0.1, 0.15) is 12.1 Å². The minimum Gasteiger partial charge on any atom is -0.409 e. The first kappa shape index (κ1) is 16.5. The molecule has 1 aliphatic rings. The molecule has 3 aromatic rings. The molecule has 2 heterocycles. The fraction of sp³-hybridized carbons (Fsp3) is 0.0526. The maximum Gasteiger partial charge on any atom is 0.242 e. The number of carbonyl (C=O) groups excluding carboxylic acids is 2. The van der Waals surface area contributed by atoms with Crippen LogP contribution >= 0.6 is 0 Å². The van der Waals surface area contributed by atoms with Gasteiger partial charge in [0.25, 0.3) is 0 Å². The third-order valence-electron chi connectivity index (χ3n) is 4.31. The summed E-state index contributed by atoms with van der Waals surface area (Å²) in [5.74, 6) is -0.720. The van der Waals surface area contributed by atoms with Crippen LogP contribution < -0.4 is 16.0 Å². The molecule has 2 aromatic carbocycles. The highest BCUT2D eigenvalue weighted by molar-refractivity contribution is 6.21. The lowest BCUT2D eigenvalue weighted by Gasteiger charge is -2.22. The van der Waals surface area contributed by atoms with Gasteiger partial charge in [-0.3, -0.25) is 14.5 Å². The molecule has 4 N–H and O–H groups in total. The number of aromatic nitrogens is 1. The van der Waals surface area contributed by atoms with Crippen LogP contribution in [0.25, 0.3) is 10.8 Å². The number of pyridine rings is 1. The third-order valence-corrected chi connectivity index (χ3v) is 4.31. The summed E-state index contributed by atoms with van der Waals surface area (Å²) in [6.07, 6.45) is -0.321. The van der Waals surface area contributed by atoms with Crippen molar-refractivity contribution in [2.75, 3.05) is 10.2 Å². The van der Waals surface area contributed by atoms with Crippen molar-refractivity contribution in [1.82, 2.24) is 4.98 Å². The van der Waals surface area contributed by atoms with E-state index in [1.54, 1.807) is 24.3 Å². The van der Waals surface area contributed by atoms with Crippen molar-refractivity contribution in [3.05, 3.63) is 60.3 Å². The van der Waals surface area contributed by atoms with E-state index >= 15 is 0 Å². The fourth-order valence-corrected chi connectivity index (χ4v) is 3.10. The maximum absolute atomic E-state index is 12.8. The number of nitrogens with two attached hydrogens (primary N) is 1.